The largest absolute Gasteiger partial charge is 0.396 e. The third-order valence-corrected chi connectivity index (χ3v) is 3.96. The van der Waals surface area contributed by atoms with E-state index in [1.165, 1.54) is 0 Å². The molecule has 0 aliphatic carbocycles. The fourth-order valence-electron chi connectivity index (χ4n) is 2.67. The number of likely N-dealkylation sites (tertiary alicyclic amines) is 1. The summed E-state index contributed by atoms with van der Waals surface area (Å²) in [6.07, 6.45) is 4.07. The third-order valence-electron chi connectivity index (χ3n) is 3.71. The average molecular weight is 282 g/mol. The number of aliphatic hydroxyl groups excluding tert-OH is 1. The number of nitrogens with zero attached hydrogens (tertiary/aromatic N) is 1. The summed E-state index contributed by atoms with van der Waals surface area (Å²) in [5.74, 6) is 0.146. The van der Waals surface area contributed by atoms with Crippen LogP contribution < -0.4 is 0 Å². The first-order chi connectivity index (χ1) is 9.20. The molecule has 104 valence electrons. The molecule has 4 heteroatoms. The summed E-state index contributed by atoms with van der Waals surface area (Å²) in [4.78, 5) is 14.4. The van der Waals surface area contributed by atoms with Gasteiger partial charge in [0, 0.05) is 23.2 Å². The van der Waals surface area contributed by atoms with Crippen molar-refractivity contribution in [2.24, 2.45) is 0 Å². The van der Waals surface area contributed by atoms with Crippen LogP contribution >= 0.6 is 11.6 Å². The van der Waals surface area contributed by atoms with Crippen LogP contribution in [0.15, 0.2) is 24.3 Å². The van der Waals surface area contributed by atoms with E-state index in [0.717, 1.165) is 37.8 Å². The van der Waals surface area contributed by atoms with E-state index in [9.17, 15) is 4.79 Å². The number of aliphatic hydroxyl groups is 1. The van der Waals surface area contributed by atoms with Gasteiger partial charge in [-0.3, -0.25) is 9.69 Å². The van der Waals surface area contributed by atoms with Gasteiger partial charge in [0.25, 0.3) is 0 Å². The topological polar surface area (TPSA) is 40.5 Å². The Morgan fingerprint density at radius 3 is 2.79 bits per heavy atom. The van der Waals surface area contributed by atoms with Crippen LogP contribution in [0.3, 0.4) is 0 Å². The molecule has 1 saturated heterocycles. The Bertz CT molecular complexity index is 419. The second kappa shape index (κ2) is 7.04. The highest BCUT2D eigenvalue weighted by atomic mass is 35.5. The van der Waals surface area contributed by atoms with Gasteiger partial charge in [0.15, 0.2) is 5.78 Å². The van der Waals surface area contributed by atoms with Crippen molar-refractivity contribution < 1.29 is 9.90 Å². The van der Waals surface area contributed by atoms with Crippen molar-refractivity contribution in [3.63, 3.8) is 0 Å². The van der Waals surface area contributed by atoms with E-state index in [2.05, 4.69) is 4.90 Å². The van der Waals surface area contributed by atoms with Gasteiger partial charge in [0.2, 0.25) is 0 Å². The molecule has 0 radical (unpaired) electrons. The molecule has 1 aromatic carbocycles. The Hall–Kier alpha value is -0.900. The van der Waals surface area contributed by atoms with Gasteiger partial charge in [0.1, 0.15) is 0 Å². The van der Waals surface area contributed by atoms with Crippen molar-refractivity contribution in [3.8, 4) is 0 Å². The van der Waals surface area contributed by atoms with Gasteiger partial charge < -0.3 is 5.11 Å². The van der Waals surface area contributed by atoms with Crippen LogP contribution in [0.2, 0.25) is 5.02 Å². The first kappa shape index (κ1) is 14.5. The molecule has 0 amide bonds. The van der Waals surface area contributed by atoms with Crippen LogP contribution in [0.4, 0.5) is 0 Å². The molecule has 0 spiro atoms. The lowest BCUT2D eigenvalue weighted by atomic mass is 10.1. The van der Waals surface area contributed by atoms with E-state index in [0.29, 0.717) is 17.6 Å². The summed E-state index contributed by atoms with van der Waals surface area (Å²) in [6.45, 7) is 1.68. The molecule has 0 aromatic heterocycles. The molecule has 3 nitrogen and oxygen atoms in total. The minimum absolute atomic E-state index is 0.146. The number of Topliss-reactive ketones (excluding diaryl/α,β-unsaturated/α-hetero) is 1. The van der Waals surface area contributed by atoms with Crippen LogP contribution in [0, 0.1) is 0 Å². The minimum Gasteiger partial charge on any atom is -0.396 e. The van der Waals surface area contributed by atoms with Crippen molar-refractivity contribution >= 4 is 17.4 Å². The monoisotopic (exact) mass is 281 g/mol. The molecule has 0 saturated carbocycles. The van der Waals surface area contributed by atoms with E-state index in [1.54, 1.807) is 24.3 Å². The second-order valence-electron chi connectivity index (χ2n) is 5.06. The van der Waals surface area contributed by atoms with Crippen molar-refractivity contribution in [1.82, 2.24) is 4.90 Å². The fraction of sp³-hybridized carbons (Fsp3) is 0.533. The van der Waals surface area contributed by atoms with Gasteiger partial charge in [-0.25, -0.2) is 0 Å². The van der Waals surface area contributed by atoms with Crippen LogP contribution in [0.5, 0.6) is 0 Å². The Kier molecular flexibility index (Phi) is 5.37. The van der Waals surface area contributed by atoms with Gasteiger partial charge in [-0.2, -0.15) is 0 Å². The Morgan fingerprint density at radius 2 is 2.11 bits per heavy atom. The van der Waals surface area contributed by atoms with E-state index in [4.69, 9.17) is 16.7 Å². The Morgan fingerprint density at radius 1 is 1.37 bits per heavy atom. The molecular weight excluding hydrogens is 262 g/mol. The van der Waals surface area contributed by atoms with E-state index < -0.39 is 0 Å². The quantitative estimate of drug-likeness (QED) is 0.815. The maximum absolute atomic E-state index is 12.2. The van der Waals surface area contributed by atoms with Crippen molar-refractivity contribution in [3.05, 3.63) is 34.9 Å². The van der Waals surface area contributed by atoms with E-state index in [1.807, 2.05) is 0 Å². The van der Waals surface area contributed by atoms with Gasteiger partial charge in [-0.05, 0) is 56.5 Å². The summed E-state index contributed by atoms with van der Waals surface area (Å²) >= 11 is 5.82. The molecule has 1 fully saturated rings. The number of carbonyl (C=O) groups is 1. The lowest BCUT2D eigenvalue weighted by Crippen LogP contribution is -2.34. The zero-order chi connectivity index (χ0) is 13.7. The highest BCUT2D eigenvalue weighted by molar-refractivity contribution is 6.30. The van der Waals surface area contributed by atoms with Crippen molar-refractivity contribution in [1.29, 1.82) is 0 Å². The van der Waals surface area contributed by atoms with Crippen molar-refractivity contribution in [2.45, 2.75) is 31.7 Å². The molecule has 1 aliphatic heterocycles. The van der Waals surface area contributed by atoms with E-state index >= 15 is 0 Å². The summed E-state index contributed by atoms with van der Waals surface area (Å²) in [6, 6.07) is 7.51. The number of carbonyl (C=O) groups excluding carboxylic acids is 1. The number of hydrogen-bond donors (Lipinski definition) is 1. The molecule has 1 heterocycles. The Balaban J connectivity index is 1.92. The molecule has 1 unspecified atom stereocenters. The molecule has 2 rings (SSSR count). The fourth-order valence-corrected chi connectivity index (χ4v) is 2.79. The zero-order valence-corrected chi connectivity index (χ0v) is 11.8. The maximum Gasteiger partial charge on any atom is 0.176 e. The number of benzene rings is 1. The highest BCUT2D eigenvalue weighted by Gasteiger charge is 2.25. The number of halogens is 1. The predicted octanol–water partition coefficient (Wildman–Crippen LogP) is 2.76. The van der Waals surface area contributed by atoms with Gasteiger partial charge in [0.05, 0.1) is 6.54 Å². The SMILES string of the molecule is O=C(CN1CCCC1CCCO)c1ccc(Cl)cc1. The summed E-state index contributed by atoms with van der Waals surface area (Å²) < 4.78 is 0. The molecule has 1 N–H and O–H groups in total. The Labute approximate surface area is 119 Å². The van der Waals surface area contributed by atoms with Gasteiger partial charge in [-0.1, -0.05) is 11.6 Å². The molecule has 1 aromatic rings. The molecule has 1 aliphatic rings. The molecular formula is C15H20ClNO2. The predicted molar refractivity (Wildman–Crippen MR) is 76.7 cm³/mol. The first-order valence-electron chi connectivity index (χ1n) is 6.84. The normalized spacial score (nSPS) is 19.8. The van der Waals surface area contributed by atoms with Crippen LogP contribution in [-0.4, -0.2) is 41.5 Å². The minimum atomic E-state index is 0.146. The van der Waals surface area contributed by atoms with Gasteiger partial charge in [-0.15, -0.1) is 0 Å². The van der Waals surface area contributed by atoms with Crippen LogP contribution in [0.25, 0.3) is 0 Å². The second-order valence-corrected chi connectivity index (χ2v) is 5.50. The number of hydrogen-bond acceptors (Lipinski definition) is 3. The van der Waals surface area contributed by atoms with E-state index in [-0.39, 0.29) is 12.4 Å². The lowest BCUT2D eigenvalue weighted by Gasteiger charge is -2.23. The summed E-state index contributed by atoms with van der Waals surface area (Å²) in [5.41, 5.74) is 0.720. The first-order valence-corrected chi connectivity index (χ1v) is 7.22. The summed E-state index contributed by atoms with van der Waals surface area (Å²) in [5, 5.41) is 9.55. The molecule has 1 atom stereocenters. The molecule has 19 heavy (non-hydrogen) atoms. The zero-order valence-electron chi connectivity index (χ0n) is 11.0. The molecule has 0 bridgehead atoms. The standard InChI is InChI=1S/C15H20ClNO2/c16-13-7-5-12(6-8-13)15(19)11-17-9-1-3-14(17)4-2-10-18/h5-8,14,18H,1-4,9-11H2. The van der Waals surface area contributed by atoms with Crippen molar-refractivity contribution in [2.75, 3.05) is 19.7 Å². The summed E-state index contributed by atoms with van der Waals surface area (Å²) in [7, 11) is 0. The smallest absolute Gasteiger partial charge is 0.176 e. The number of rotatable bonds is 6. The van der Waals surface area contributed by atoms with Gasteiger partial charge >= 0.3 is 0 Å². The highest BCUT2D eigenvalue weighted by Crippen LogP contribution is 2.21. The van der Waals surface area contributed by atoms with Crippen LogP contribution in [0.1, 0.15) is 36.0 Å². The number of ketones is 1. The van der Waals surface area contributed by atoms with Crippen LogP contribution in [-0.2, 0) is 0 Å². The average Bonchev–Trinajstić information content (AvgIpc) is 2.84. The maximum atomic E-state index is 12.2. The third kappa shape index (κ3) is 4.03. The lowest BCUT2D eigenvalue weighted by molar-refractivity contribution is 0.0916.